The Kier molecular flexibility index (Phi) is 3.97. The van der Waals surface area contributed by atoms with E-state index in [1.807, 2.05) is 24.3 Å². The van der Waals surface area contributed by atoms with Gasteiger partial charge in [-0.25, -0.2) is 4.98 Å². The van der Waals surface area contributed by atoms with Gasteiger partial charge in [-0.2, -0.15) is 0 Å². The Bertz CT molecular complexity index is 605. The second kappa shape index (κ2) is 5.67. The van der Waals surface area contributed by atoms with E-state index in [4.69, 9.17) is 4.74 Å². The van der Waals surface area contributed by atoms with Crippen molar-refractivity contribution in [1.82, 2.24) is 9.97 Å². The molecule has 1 atom stereocenters. The van der Waals surface area contributed by atoms with Crippen LogP contribution in [0.4, 0.5) is 0 Å². The van der Waals surface area contributed by atoms with Crippen molar-refractivity contribution < 1.29 is 9.84 Å². The average Bonchev–Trinajstić information content (AvgIpc) is 2.46. The van der Waals surface area contributed by atoms with Crippen LogP contribution in [0.1, 0.15) is 29.7 Å². The van der Waals surface area contributed by atoms with Gasteiger partial charge in [-0.15, -0.1) is 0 Å². The van der Waals surface area contributed by atoms with E-state index < -0.39 is 11.7 Å². The number of benzene rings is 1. The first-order valence-corrected chi connectivity index (χ1v) is 6.05. The molecule has 0 fully saturated rings. The molecule has 0 aliphatic heterocycles. The lowest BCUT2D eigenvalue weighted by molar-refractivity contribution is 0.217. The molecule has 19 heavy (non-hydrogen) atoms. The molecule has 2 N–H and O–H groups in total. The first kappa shape index (κ1) is 13.3. The Morgan fingerprint density at radius 2 is 2.05 bits per heavy atom. The number of aromatic amines is 1. The Morgan fingerprint density at radius 1 is 1.37 bits per heavy atom. The number of ether oxygens (including phenoxy) is 1. The van der Waals surface area contributed by atoms with Crippen LogP contribution in [-0.2, 0) is 6.42 Å². The Hall–Kier alpha value is -2.14. The zero-order valence-corrected chi connectivity index (χ0v) is 10.9. The van der Waals surface area contributed by atoms with E-state index in [0.29, 0.717) is 5.56 Å². The molecule has 0 aliphatic rings. The smallest absolute Gasteiger partial charge is 0.296 e. The maximum Gasteiger partial charge on any atom is 0.296 e. The molecule has 5 nitrogen and oxygen atoms in total. The summed E-state index contributed by atoms with van der Waals surface area (Å²) in [5.41, 5.74) is 1.64. The third-order valence-electron chi connectivity index (χ3n) is 3.00. The lowest BCUT2D eigenvalue weighted by Crippen LogP contribution is -2.18. The van der Waals surface area contributed by atoms with E-state index >= 15 is 0 Å². The molecule has 1 unspecified atom stereocenters. The normalized spacial score (nSPS) is 12.2. The van der Waals surface area contributed by atoms with Gasteiger partial charge in [-0.05, 0) is 17.5 Å². The van der Waals surface area contributed by atoms with Crippen LogP contribution in [-0.4, -0.2) is 22.2 Å². The van der Waals surface area contributed by atoms with Gasteiger partial charge in [0.15, 0.2) is 0 Å². The predicted octanol–water partition coefficient (Wildman–Crippen LogP) is 1.42. The molecular formula is C14H16N2O3. The minimum absolute atomic E-state index is 0.127. The van der Waals surface area contributed by atoms with Gasteiger partial charge < -0.3 is 9.84 Å². The van der Waals surface area contributed by atoms with Crippen LogP contribution < -0.4 is 10.3 Å². The lowest BCUT2D eigenvalue weighted by Gasteiger charge is -2.11. The largest absolute Gasteiger partial charge is 0.468 e. The molecule has 2 rings (SSSR count). The van der Waals surface area contributed by atoms with Crippen molar-refractivity contribution in [1.29, 1.82) is 0 Å². The monoisotopic (exact) mass is 260 g/mol. The minimum atomic E-state index is -0.993. The number of H-pyrrole nitrogens is 1. The van der Waals surface area contributed by atoms with Gasteiger partial charge in [0.2, 0.25) is 0 Å². The summed E-state index contributed by atoms with van der Waals surface area (Å²) in [6.07, 6.45) is 1.27. The zero-order valence-electron chi connectivity index (χ0n) is 10.9. The van der Waals surface area contributed by atoms with Crippen molar-refractivity contribution in [3.63, 3.8) is 0 Å². The van der Waals surface area contributed by atoms with Crippen LogP contribution in [0.2, 0.25) is 0 Å². The highest BCUT2D eigenvalue weighted by atomic mass is 16.5. The summed E-state index contributed by atoms with van der Waals surface area (Å²) in [4.78, 5) is 18.2. The Morgan fingerprint density at radius 3 is 2.58 bits per heavy atom. The third kappa shape index (κ3) is 2.82. The van der Waals surface area contributed by atoms with Crippen LogP contribution >= 0.6 is 0 Å². The van der Waals surface area contributed by atoms with Crippen LogP contribution in [0.25, 0.3) is 0 Å². The second-order valence-electron chi connectivity index (χ2n) is 4.17. The lowest BCUT2D eigenvalue weighted by atomic mass is 10.0. The summed E-state index contributed by atoms with van der Waals surface area (Å²) in [7, 11) is 1.41. The Balaban J connectivity index is 2.32. The fraction of sp³-hybridized carbons (Fsp3) is 0.286. The predicted molar refractivity (Wildman–Crippen MR) is 71.3 cm³/mol. The number of nitrogens with zero attached hydrogens (tertiary/aromatic N) is 1. The van der Waals surface area contributed by atoms with Gasteiger partial charge in [0.25, 0.3) is 11.6 Å². The maximum absolute atomic E-state index is 11.8. The molecule has 0 amide bonds. The second-order valence-corrected chi connectivity index (χ2v) is 4.17. The molecule has 1 heterocycles. The van der Waals surface area contributed by atoms with Gasteiger partial charge in [-0.3, -0.25) is 9.78 Å². The fourth-order valence-corrected chi connectivity index (χ4v) is 1.80. The first-order valence-electron chi connectivity index (χ1n) is 6.05. The van der Waals surface area contributed by atoms with E-state index in [2.05, 4.69) is 16.9 Å². The van der Waals surface area contributed by atoms with Crippen molar-refractivity contribution in [2.24, 2.45) is 0 Å². The van der Waals surface area contributed by atoms with Gasteiger partial charge in [0.05, 0.1) is 12.7 Å². The molecule has 1 aromatic carbocycles. The third-order valence-corrected chi connectivity index (χ3v) is 3.00. The molecule has 0 aliphatic carbocycles. The molecular weight excluding hydrogens is 244 g/mol. The van der Waals surface area contributed by atoms with E-state index in [-0.39, 0.29) is 11.6 Å². The number of hydrogen-bond donors (Lipinski definition) is 2. The van der Waals surface area contributed by atoms with E-state index in [1.54, 1.807) is 0 Å². The number of rotatable bonds is 4. The summed E-state index contributed by atoms with van der Waals surface area (Å²) in [6, 6.07) is 7.62. The molecule has 0 radical (unpaired) electrons. The fourth-order valence-electron chi connectivity index (χ4n) is 1.80. The highest BCUT2D eigenvalue weighted by molar-refractivity contribution is 5.30. The van der Waals surface area contributed by atoms with Crippen molar-refractivity contribution in [3.05, 3.63) is 57.5 Å². The molecule has 5 heteroatoms. The molecule has 0 saturated carbocycles. The van der Waals surface area contributed by atoms with Gasteiger partial charge in [-0.1, -0.05) is 31.2 Å². The SMILES string of the molecule is CCc1ccc(C(O)c2cnc(OC)[nH]c2=O)cc1. The number of aliphatic hydroxyl groups excluding tert-OH is 1. The highest BCUT2D eigenvalue weighted by Crippen LogP contribution is 2.19. The molecule has 1 aromatic heterocycles. The number of aliphatic hydroxyl groups is 1. The molecule has 0 spiro atoms. The number of nitrogens with one attached hydrogen (secondary N) is 1. The van der Waals surface area contributed by atoms with Crippen molar-refractivity contribution in [2.75, 3.05) is 7.11 Å². The zero-order chi connectivity index (χ0) is 13.8. The minimum Gasteiger partial charge on any atom is -0.468 e. The summed E-state index contributed by atoms with van der Waals surface area (Å²) < 4.78 is 4.82. The van der Waals surface area contributed by atoms with Crippen LogP contribution in [0.3, 0.4) is 0 Å². The standard InChI is InChI=1S/C14H16N2O3/c1-3-9-4-6-10(7-5-9)12(17)11-8-15-14(19-2)16-13(11)18/h4-8,12,17H,3H2,1-2H3,(H,15,16,18). The number of hydrogen-bond acceptors (Lipinski definition) is 4. The molecule has 0 saturated heterocycles. The van der Waals surface area contributed by atoms with Gasteiger partial charge in [0.1, 0.15) is 6.10 Å². The first-order chi connectivity index (χ1) is 9.15. The van der Waals surface area contributed by atoms with E-state index in [9.17, 15) is 9.90 Å². The number of aryl methyl sites for hydroxylation is 1. The van der Waals surface area contributed by atoms with Crippen molar-refractivity contribution >= 4 is 0 Å². The van der Waals surface area contributed by atoms with Crippen LogP contribution in [0.15, 0.2) is 35.3 Å². The number of methoxy groups -OCH3 is 1. The summed E-state index contributed by atoms with van der Waals surface area (Å²) in [5.74, 6) is 0. The summed E-state index contributed by atoms with van der Waals surface area (Å²) >= 11 is 0. The van der Waals surface area contributed by atoms with Crippen molar-refractivity contribution in [3.8, 4) is 6.01 Å². The maximum atomic E-state index is 11.8. The van der Waals surface area contributed by atoms with Gasteiger partial charge >= 0.3 is 0 Å². The van der Waals surface area contributed by atoms with Gasteiger partial charge in [0, 0.05) is 6.20 Å². The quantitative estimate of drug-likeness (QED) is 0.871. The van der Waals surface area contributed by atoms with E-state index in [1.165, 1.54) is 18.9 Å². The average molecular weight is 260 g/mol. The summed E-state index contributed by atoms with van der Waals surface area (Å²) in [6.45, 7) is 2.06. The number of aromatic nitrogens is 2. The molecule has 100 valence electrons. The van der Waals surface area contributed by atoms with Crippen molar-refractivity contribution in [2.45, 2.75) is 19.4 Å². The Labute approximate surface area is 110 Å². The van der Waals surface area contributed by atoms with E-state index in [0.717, 1.165) is 6.42 Å². The van der Waals surface area contributed by atoms with Crippen LogP contribution in [0, 0.1) is 0 Å². The molecule has 2 aromatic rings. The topological polar surface area (TPSA) is 75.2 Å². The van der Waals surface area contributed by atoms with Crippen LogP contribution in [0.5, 0.6) is 6.01 Å². The molecule has 0 bridgehead atoms. The highest BCUT2D eigenvalue weighted by Gasteiger charge is 2.15. The summed E-state index contributed by atoms with van der Waals surface area (Å²) in [5, 5.41) is 10.2.